The molecule has 246 valence electrons. The van der Waals surface area contributed by atoms with Crippen molar-refractivity contribution in [1.29, 1.82) is 0 Å². The third-order valence-electron chi connectivity index (χ3n) is 8.96. The van der Waals surface area contributed by atoms with Gasteiger partial charge in [0, 0.05) is 17.6 Å². The number of carbonyl (C=O) groups is 1. The molecular formula is C35H32ClN11O2. The van der Waals surface area contributed by atoms with E-state index in [0.717, 1.165) is 53.5 Å². The number of likely N-dealkylation sites (tertiary alicyclic amines) is 1. The molecule has 0 radical (unpaired) electrons. The number of halogens is 1. The Hall–Kier alpha value is -5.66. The number of carbonyl (C=O) groups excluding carboxylic acids is 1. The Kier molecular flexibility index (Phi) is 8.19. The summed E-state index contributed by atoms with van der Waals surface area (Å²) in [6.45, 7) is 2.63. The molecule has 3 aromatic carbocycles. The number of anilines is 1. The van der Waals surface area contributed by atoms with E-state index in [2.05, 4.69) is 58.8 Å². The monoisotopic (exact) mass is 673 g/mol. The number of fused-ring (bicyclic) bond motifs is 2. The lowest BCUT2D eigenvalue weighted by Crippen LogP contribution is -2.36. The van der Waals surface area contributed by atoms with E-state index in [1.165, 1.54) is 6.33 Å². The van der Waals surface area contributed by atoms with Crippen LogP contribution in [0.4, 0.5) is 5.82 Å². The summed E-state index contributed by atoms with van der Waals surface area (Å²) in [6, 6.07) is 23.2. The number of benzene rings is 3. The Labute approximate surface area is 285 Å². The van der Waals surface area contributed by atoms with Gasteiger partial charge < -0.3 is 20.1 Å². The number of piperidine rings is 1. The lowest BCUT2D eigenvalue weighted by Gasteiger charge is -2.31. The summed E-state index contributed by atoms with van der Waals surface area (Å²) in [5.41, 5.74) is 10.1. The summed E-state index contributed by atoms with van der Waals surface area (Å²) >= 11 is 6.20. The zero-order valence-electron chi connectivity index (χ0n) is 26.4. The van der Waals surface area contributed by atoms with Crippen LogP contribution in [0.2, 0.25) is 5.02 Å². The number of imidazole rings is 1. The molecule has 8 rings (SSSR count). The van der Waals surface area contributed by atoms with Crippen molar-refractivity contribution >= 4 is 45.3 Å². The van der Waals surface area contributed by atoms with Gasteiger partial charge in [0.2, 0.25) is 0 Å². The average Bonchev–Trinajstić information content (AvgIpc) is 3.89. The molecule has 1 aliphatic heterocycles. The maximum Gasteiger partial charge on any atom is 0.274 e. The Bertz CT molecular complexity index is 2260. The van der Waals surface area contributed by atoms with Crippen LogP contribution in [0.3, 0.4) is 0 Å². The van der Waals surface area contributed by atoms with Crippen LogP contribution >= 0.6 is 11.6 Å². The van der Waals surface area contributed by atoms with E-state index in [1.54, 1.807) is 12.4 Å². The number of amides is 1. The van der Waals surface area contributed by atoms with E-state index in [9.17, 15) is 4.79 Å². The van der Waals surface area contributed by atoms with E-state index >= 15 is 0 Å². The van der Waals surface area contributed by atoms with Gasteiger partial charge in [-0.15, -0.1) is 5.10 Å². The second-order valence-electron chi connectivity index (χ2n) is 12.2. The first-order valence-electron chi connectivity index (χ1n) is 16.0. The molecule has 2 unspecified atom stereocenters. The summed E-state index contributed by atoms with van der Waals surface area (Å²) in [6.07, 6.45) is 7.04. The number of nitrogens with two attached hydrogens (primary N) is 1. The van der Waals surface area contributed by atoms with Gasteiger partial charge >= 0.3 is 0 Å². The van der Waals surface area contributed by atoms with Crippen LogP contribution in [0.15, 0.2) is 96.2 Å². The summed E-state index contributed by atoms with van der Waals surface area (Å²) in [5, 5.41) is 19.0. The second-order valence-corrected chi connectivity index (χ2v) is 12.7. The van der Waals surface area contributed by atoms with Gasteiger partial charge in [0.1, 0.15) is 17.5 Å². The van der Waals surface area contributed by atoms with Crippen LogP contribution in [-0.4, -0.2) is 63.6 Å². The molecule has 0 saturated carbocycles. The molecule has 1 fully saturated rings. The first-order chi connectivity index (χ1) is 24.0. The van der Waals surface area contributed by atoms with Crippen LogP contribution in [0.1, 0.15) is 58.0 Å². The average molecular weight is 674 g/mol. The van der Waals surface area contributed by atoms with Gasteiger partial charge in [0.25, 0.3) is 5.91 Å². The van der Waals surface area contributed by atoms with Crippen molar-refractivity contribution in [2.45, 2.75) is 38.0 Å². The summed E-state index contributed by atoms with van der Waals surface area (Å²) < 4.78 is 9.49. The van der Waals surface area contributed by atoms with Crippen LogP contribution in [-0.2, 0) is 13.1 Å². The van der Waals surface area contributed by atoms with E-state index < -0.39 is 6.04 Å². The Morgan fingerprint density at radius 3 is 2.80 bits per heavy atom. The zero-order valence-corrected chi connectivity index (χ0v) is 27.1. The van der Waals surface area contributed by atoms with Crippen molar-refractivity contribution < 1.29 is 9.32 Å². The molecule has 13 nitrogen and oxygen atoms in total. The van der Waals surface area contributed by atoms with Crippen molar-refractivity contribution in [3.8, 4) is 0 Å². The summed E-state index contributed by atoms with van der Waals surface area (Å²) in [5.74, 6) is 0.637. The molecule has 4 aromatic heterocycles. The lowest BCUT2D eigenvalue weighted by molar-refractivity contribution is 0.0933. The van der Waals surface area contributed by atoms with E-state index in [1.807, 2.05) is 64.0 Å². The number of rotatable bonds is 9. The van der Waals surface area contributed by atoms with Crippen LogP contribution in [0, 0.1) is 0 Å². The van der Waals surface area contributed by atoms with Crippen LogP contribution < -0.4 is 11.1 Å². The van der Waals surface area contributed by atoms with Crippen molar-refractivity contribution in [3.63, 3.8) is 0 Å². The highest BCUT2D eigenvalue weighted by Crippen LogP contribution is 2.30. The van der Waals surface area contributed by atoms with Gasteiger partial charge in [-0.2, -0.15) is 0 Å². The fourth-order valence-electron chi connectivity index (χ4n) is 6.56. The van der Waals surface area contributed by atoms with Crippen LogP contribution in [0.5, 0.6) is 0 Å². The lowest BCUT2D eigenvalue weighted by atomic mass is 9.93. The maximum absolute atomic E-state index is 13.6. The number of hydrogen-bond donors (Lipinski definition) is 2. The van der Waals surface area contributed by atoms with Crippen molar-refractivity contribution in [2.75, 3.05) is 18.8 Å². The third kappa shape index (κ3) is 6.33. The molecule has 7 aromatic rings. The fourth-order valence-corrected chi connectivity index (χ4v) is 6.69. The van der Waals surface area contributed by atoms with Crippen molar-refractivity contribution in [1.82, 2.24) is 49.9 Å². The minimum absolute atomic E-state index is 0.138. The minimum atomic E-state index is -0.426. The highest BCUT2D eigenvalue weighted by Gasteiger charge is 2.26. The number of nitrogens with one attached hydrogen (secondary N) is 1. The minimum Gasteiger partial charge on any atom is -0.382 e. The molecule has 1 amide bonds. The number of hydrogen-bond acceptors (Lipinski definition) is 10. The molecule has 1 aliphatic rings. The van der Waals surface area contributed by atoms with Gasteiger partial charge in [0.05, 0.1) is 37.7 Å². The second kappa shape index (κ2) is 13.1. The zero-order chi connectivity index (χ0) is 33.3. The standard InChI is InChI=1S/C35H32ClN11O2/c36-24-12-10-23(11-13-24)31(29-9-3-6-22-5-1-2-8-28(22)29)41-35(48)30-15-27(49-43-30)19-45-14-4-7-26(18-45)47-17-25(42-44-47)16-46-21-40-32-33(37)38-20-39-34(32)46/h1-3,5-6,8-13,15,17,20-21,26,31H,4,7,14,16,18-19H2,(H,41,48)(H2,37,38,39). The first kappa shape index (κ1) is 30.7. The van der Waals surface area contributed by atoms with Gasteiger partial charge in [-0.1, -0.05) is 76.6 Å². The molecule has 3 N–H and O–H groups in total. The Balaban J connectivity index is 0.944. The predicted octanol–water partition coefficient (Wildman–Crippen LogP) is 5.20. The maximum atomic E-state index is 13.6. The Morgan fingerprint density at radius 1 is 1.04 bits per heavy atom. The van der Waals surface area contributed by atoms with E-state index in [0.29, 0.717) is 40.9 Å². The first-order valence-corrected chi connectivity index (χ1v) is 16.4. The topological polar surface area (TPSA) is 159 Å². The van der Waals surface area contributed by atoms with E-state index in [4.69, 9.17) is 21.9 Å². The van der Waals surface area contributed by atoms with Gasteiger partial charge in [-0.3, -0.25) is 9.69 Å². The van der Waals surface area contributed by atoms with Gasteiger partial charge in [-0.05, 0) is 53.4 Å². The largest absolute Gasteiger partial charge is 0.382 e. The van der Waals surface area contributed by atoms with E-state index in [-0.39, 0.29) is 17.6 Å². The highest BCUT2D eigenvalue weighted by molar-refractivity contribution is 6.30. The van der Waals surface area contributed by atoms with Crippen molar-refractivity contribution in [3.05, 3.63) is 125 Å². The van der Waals surface area contributed by atoms with Gasteiger partial charge in [-0.25, -0.2) is 19.6 Å². The number of nitrogens with zero attached hydrogens (tertiary/aromatic N) is 9. The smallest absolute Gasteiger partial charge is 0.274 e. The Morgan fingerprint density at radius 2 is 1.90 bits per heavy atom. The molecule has 1 saturated heterocycles. The van der Waals surface area contributed by atoms with Gasteiger partial charge in [0.15, 0.2) is 22.9 Å². The molecule has 2 atom stereocenters. The summed E-state index contributed by atoms with van der Waals surface area (Å²) in [4.78, 5) is 28.6. The SMILES string of the molecule is Nc1ncnc2c1ncn2Cc1cn(C2CCCN(Cc3cc(C(=O)NC(c4ccc(Cl)cc4)c4cccc5ccccc45)no3)C2)nn1. The molecule has 14 heteroatoms. The molecule has 0 bridgehead atoms. The summed E-state index contributed by atoms with van der Waals surface area (Å²) in [7, 11) is 0. The molecular weight excluding hydrogens is 642 g/mol. The quantitative estimate of drug-likeness (QED) is 0.209. The fraction of sp³-hybridized carbons (Fsp3) is 0.229. The molecule has 0 spiro atoms. The molecule has 0 aliphatic carbocycles. The predicted molar refractivity (Wildman–Crippen MR) is 184 cm³/mol. The highest BCUT2D eigenvalue weighted by atomic mass is 35.5. The van der Waals surface area contributed by atoms with Crippen molar-refractivity contribution in [2.24, 2.45) is 0 Å². The number of aromatic nitrogens is 8. The normalized spacial score (nSPS) is 15.9. The number of nitrogen functional groups attached to an aromatic ring is 1. The third-order valence-corrected chi connectivity index (χ3v) is 9.21. The van der Waals surface area contributed by atoms with Crippen LogP contribution in [0.25, 0.3) is 21.9 Å². The molecule has 49 heavy (non-hydrogen) atoms. The molecule has 5 heterocycles.